The summed E-state index contributed by atoms with van der Waals surface area (Å²) in [7, 11) is 1.25. The Bertz CT molecular complexity index is 308. The molecule has 5 nitrogen and oxygen atoms in total. The van der Waals surface area contributed by atoms with Gasteiger partial charge in [-0.2, -0.15) is 0 Å². The van der Waals surface area contributed by atoms with E-state index in [1.807, 2.05) is 0 Å². The van der Waals surface area contributed by atoms with E-state index in [0.717, 1.165) is 6.08 Å². The van der Waals surface area contributed by atoms with Crippen molar-refractivity contribution in [3.05, 3.63) is 11.1 Å². The number of carbonyl (C=O) groups excluding carboxylic acids is 3. The Morgan fingerprint density at radius 3 is 2.38 bits per heavy atom. The van der Waals surface area contributed by atoms with Crippen molar-refractivity contribution in [2.24, 2.45) is 0 Å². The maximum atomic E-state index is 11.1. The van der Waals surface area contributed by atoms with Crippen LogP contribution in [0.3, 0.4) is 0 Å². The van der Waals surface area contributed by atoms with Gasteiger partial charge in [-0.15, -0.1) is 0 Å². The third-order valence-corrected chi connectivity index (χ3v) is 1.86. The maximum absolute atomic E-state index is 11.1. The zero-order chi connectivity index (χ0) is 12.6. The molecule has 0 unspecified atom stereocenters. The third kappa shape index (κ3) is 6.19. The fourth-order valence-corrected chi connectivity index (χ4v) is 0.993. The highest BCUT2D eigenvalue weighted by Gasteiger charge is 2.13. The molecule has 0 saturated heterocycles. The predicted molar refractivity (Wildman–Crippen MR) is 56.8 cm³/mol. The molecule has 16 heavy (non-hydrogen) atoms. The fraction of sp³-hybridized carbons (Fsp3) is 0.500. The van der Waals surface area contributed by atoms with Crippen LogP contribution in [-0.2, 0) is 23.9 Å². The largest absolute Gasteiger partial charge is 0.469 e. The number of rotatable bonds is 6. The van der Waals surface area contributed by atoms with Crippen molar-refractivity contribution in [1.29, 1.82) is 0 Å². The van der Waals surface area contributed by atoms with Gasteiger partial charge in [0.2, 0.25) is 0 Å². The molecule has 0 aromatic rings. The topological polar surface area (TPSA) is 69.7 Å². The molecule has 6 heteroatoms. The van der Waals surface area contributed by atoms with Crippen molar-refractivity contribution in [2.45, 2.75) is 19.8 Å². The smallest absolute Gasteiger partial charge is 0.379 e. The maximum Gasteiger partial charge on any atom is 0.379 e. The second-order valence-corrected chi connectivity index (χ2v) is 3.24. The lowest BCUT2D eigenvalue weighted by molar-refractivity contribution is -0.151. The van der Waals surface area contributed by atoms with Gasteiger partial charge in [-0.1, -0.05) is 11.6 Å². The van der Waals surface area contributed by atoms with E-state index in [-0.39, 0.29) is 24.5 Å². The summed E-state index contributed by atoms with van der Waals surface area (Å²) in [5, 5.41) is 0.114. The molecule has 90 valence electrons. The summed E-state index contributed by atoms with van der Waals surface area (Å²) in [5.74, 6) is -2.23. The number of ketones is 1. The lowest BCUT2D eigenvalue weighted by atomic mass is 10.2. The van der Waals surface area contributed by atoms with Gasteiger partial charge in [-0.3, -0.25) is 9.59 Å². The van der Waals surface area contributed by atoms with E-state index in [1.165, 1.54) is 7.11 Å². The summed E-state index contributed by atoms with van der Waals surface area (Å²) in [5.41, 5.74) is 0. The molecule has 0 aromatic carbocycles. The quantitative estimate of drug-likeness (QED) is 0.401. The van der Waals surface area contributed by atoms with Gasteiger partial charge in [0.05, 0.1) is 20.1 Å². The first kappa shape index (κ1) is 14.6. The standard InChI is InChI=1S/C10H13ClO5/c1-3-16-10(14)8(12)6-7(11)4-5-9(13)15-2/h6H,3-5H2,1-2H3/b7-6-. The highest BCUT2D eigenvalue weighted by Crippen LogP contribution is 2.10. The normalized spacial score (nSPS) is 10.8. The summed E-state index contributed by atoms with van der Waals surface area (Å²) < 4.78 is 8.86. The number of ether oxygens (including phenoxy) is 2. The van der Waals surface area contributed by atoms with E-state index in [2.05, 4.69) is 9.47 Å². The zero-order valence-electron chi connectivity index (χ0n) is 9.12. The number of esters is 2. The summed E-state index contributed by atoms with van der Waals surface area (Å²) in [6.45, 7) is 1.71. The predicted octanol–water partition coefficient (Wildman–Crippen LogP) is 1.19. The average molecular weight is 249 g/mol. The molecular formula is C10H13ClO5. The third-order valence-electron chi connectivity index (χ3n) is 1.56. The van der Waals surface area contributed by atoms with Gasteiger partial charge >= 0.3 is 11.9 Å². The minimum atomic E-state index is -0.960. The first-order chi connectivity index (χ1) is 7.51. The van der Waals surface area contributed by atoms with E-state index < -0.39 is 17.7 Å². The average Bonchev–Trinajstić information content (AvgIpc) is 2.26. The molecule has 0 bridgehead atoms. The van der Waals surface area contributed by atoms with Crippen LogP contribution >= 0.6 is 11.6 Å². The molecule has 0 amide bonds. The highest BCUT2D eigenvalue weighted by molar-refractivity contribution is 6.41. The highest BCUT2D eigenvalue weighted by atomic mass is 35.5. The van der Waals surface area contributed by atoms with Crippen molar-refractivity contribution in [2.75, 3.05) is 13.7 Å². The van der Waals surface area contributed by atoms with Crippen LogP contribution in [0.4, 0.5) is 0 Å². The molecule has 0 rings (SSSR count). The summed E-state index contributed by atoms with van der Waals surface area (Å²) >= 11 is 5.65. The number of allylic oxidation sites excluding steroid dienone is 1. The van der Waals surface area contributed by atoms with E-state index in [0.29, 0.717) is 0 Å². The molecule has 0 aliphatic carbocycles. The van der Waals surface area contributed by atoms with Gasteiger partial charge in [0.15, 0.2) is 0 Å². The molecule has 0 spiro atoms. The summed E-state index contributed by atoms with van der Waals surface area (Å²) in [4.78, 5) is 32.8. The molecular weight excluding hydrogens is 236 g/mol. The molecule has 0 atom stereocenters. The number of halogens is 1. The lowest BCUT2D eigenvalue weighted by Crippen LogP contribution is -2.15. The first-order valence-corrected chi connectivity index (χ1v) is 5.03. The van der Waals surface area contributed by atoms with Crippen LogP contribution in [-0.4, -0.2) is 31.4 Å². The van der Waals surface area contributed by atoms with E-state index in [9.17, 15) is 14.4 Å². The van der Waals surface area contributed by atoms with E-state index >= 15 is 0 Å². The Morgan fingerprint density at radius 1 is 1.25 bits per heavy atom. The summed E-state index contributed by atoms with van der Waals surface area (Å²) in [6, 6.07) is 0. The number of hydrogen-bond acceptors (Lipinski definition) is 5. The Morgan fingerprint density at radius 2 is 1.88 bits per heavy atom. The van der Waals surface area contributed by atoms with Gasteiger partial charge in [0, 0.05) is 11.1 Å². The Kier molecular flexibility index (Phi) is 7.20. The Balaban J connectivity index is 4.16. The van der Waals surface area contributed by atoms with Crippen LogP contribution in [0.15, 0.2) is 11.1 Å². The van der Waals surface area contributed by atoms with Crippen LogP contribution in [0.1, 0.15) is 19.8 Å². The lowest BCUT2D eigenvalue weighted by Gasteiger charge is -1.99. The molecule has 0 aliphatic rings. The number of hydrogen-bond donors (Lipinski definition) is 0. The van der Waals surface area contributed by atoms with Crippen LogP contribution < -0.4 is 0 Å². The summed E-state index contributed by atoms with van der Waals surface area (Å²) in [6.07, 6.45) is 1.16. The minimum Gasteiger partial charge on any atom is -0.469 e. The molecule has 0 saturated carbocycles. The van der Waals surface area contributed by atoms with Crippen LogP contribution in [0.2, 0.25) is 0 Å². The van der Waals surface area contributed by atoms with E-state index in [4.69, 9.17) is 11.6 Å². The van der Waals surface area contributed by atoms with Crippen LogP contribution in [0.25, 0.3) is 0 Å². The van der Waals surface area contributed by atoms with Crippen molar-refractivity contribution in [1.82, 2.24) is 0 Å². The second-order valence-electron chi connectivity index (χ2n) is 2.75. The molecule has 0 N–H and O–H groups in total. The van der Waals surface area contributed by atoms with Crippen molar-refractivity contribution in [3.8, 4) is 0 Å². The van der Waals surface area contributed by atoms with Gasteiger partial charge in [-0.05, 0) is 13.3 Å². The fourth-order valence-electron chi connectivity index (χ4n) is 0.799. The molecule has 0 fully saturated rings. The van der Waals surface area contributed by atoms with Gasteiger partial charge < -0.3 is 9.47 Å². The number of methoxy groups -OCH3 is 1. The molecule has 0 aromatic heterocycles. The molecule has 0 heterocycles. The van der Waals surface area contributed by atoms with Crippen molar-refractivity contribution in [3.63, 3.8) is 0 Å². The van der Waals surface area contributed by atoms with Crippen molar-refractivity contribution < 1.29 is 23.9 Å². The van der Waals surface area contributed by atoms with Gasteiger partial charge in [0.25, 0.3) is 5.78 Å². The van der Waals surface area contributed by atoms with Crippen LogP contribution in [0.5, 0.6) is 0 Å². The monoisotopic (exact) mass is 248 g/mol. The second kappa shape index (κ2) is 7.87. The SMILES string of the molecule is CCOC(=O)C(=O)/C=C(\Cl)CCC(=O)OC. The Hall–Kier alpha value is -1.36. The zero-order valence-corrected chi connectivity index (χ0v) is 9.87. The van der Waals surface area contributed by atoms with Gasteiger partial charge in [0.1, 0.15) is 0 Å². The minimum absolute atomic E-state index is 0.0575. The van der Waals surface area contributed by atoms with E-state index in [1.54, 1.807) is 6.92 Å². The molecule has 0 aliphatic heterocycles. The number of carbonyl (C=O) groups is 3. The van der Waals surface area contributed by atoms with Gasteiger partial charge in [-0.25, -0.2) is 4.79 Å². The first-order valence-electron chi connectivity index (χ1n) is 4.65. The van der Waals surface area contributed by atoms with Crippen LogP contribution in [0, 0.1) is 0 Å². The van der Waals surface area contributed by atoms with Crippen molar-refractivity contribution >= 4 is 29.3 Å². The Labute approximate surface area is 98.3 Å². The molecule has 0 radical (unpaired) electrons.